The van der Waals surface area contributed by atoms with Gasteiger partial charge in [-0.05, 0) is 39.3 Å². The first-order valence-corrected chi connectivity index (χ1v) is 8.11. The van der Waals surface area contributed by atoms with Gasteiger partial charge >= 0.3 is 0 Å². The van der Waals surface area contributed by atoms with Crippen LogP contribution >= 0.6 is 11.3 Å². The average molecular weight is 280 g/mol. The van der Waals surface area contributed by atoms with Crippen molar-refractivity contribution in [3.05, 3.63) is 10.6 Å². The average Bonchev–Trinajstić information content (AvgIpc) is 3.17. The van der Waals surface area contributed by atoms with Gasteiger partial charge in [0, 0.05) is 37.0 Å². The zero-order valence-electron chi connectivity index (χ0n) is 11.9. The quantitative estimate of drug-likeness (QED) is 0.916. The third-order valence-corrected chi connectivity index (χ3v) is 5.50. The van der Waals surface area contributed by atoms with Crippen LogP contribution in [0.4, 0.5) is 5.13 Å². The molecule has 5 heteroatoms. The van der Waals surface area contributed by atoms with Gasteiger partial charge in [-0.3, -0.25) is 0 Å². The lowest BCUT2D eigenvalue weighted by atomic mass is 10.1. The molecule has 19 heavy (non-hydrogen) atoms. The minimum atomic E-state index is 0.600. The molecule has 2 heterocycles. The summed E-state index contributed by atoms with van der Waals surface area (Å²) in [5, 5.41) is 1.17. The van der Waals surface area contributed by atoms with Crippen LogP contribution in [-0.2, 0) is 6.54 Å². The van der Waals surface area contributed by atoms with Crippen LogP contribution in [0.3, 0.4) is 0 Å². The summed E-state index contributed by atoms with van der Waals surface area (Å²) in [6, 6.07) is 0.600. The van der Waals surface area contributed by atoms with Crippen LogP contribution in [0.2, 0.25) is 0 Å². The molecule has 2 N–H and O–H groups in total. The van der Waals surface area contributed by atoms with Gasteiger partial charge in [0.1, 0.15) is 0 Å². The van der Waals surface area contributed by atoms with E-state index in [1.165, 1.54) is 47.9 Å². The van der Waals surface area contributed by atoms with Gasteiger partial charge in [0.05, 0.1) is 5.69 Å². The Kier molecular flexibility index (Phi) is 3.78. The monoisotopic (exact) mass is 280 g/mol. The van der Waals surface area contributed by atoms with Crippen molar-refractivity contribution >= 4 is 16.5 Å². The lowest BCUT2D eigenvalue weighted by Crippen LogP contribution is -2.45. The molecule has 2 fully saturated rings. The molecule has 0 bridgehead atoms. The van der Waals surface area contributed by atoms with E-state index in [0.717, 1.165) is 6.54 Å². The molecular weight excluding hydrogens is 256 g/mol. The summed E-state index contributed by atoms with van der Waals surface area (Å²) in [7, 11) is 4.41. The molecule has 1 atom stereocenters. The van der Waals surface area contributed by atoms with Crippen LogP contribution in [0.15, 0.2) is 0 Å². The Morgan fingerprint density at radius 1 is 1.42 bits per heavy atom. The molecule has 106 valence electrons. The fourth-order valence-corrected chi connectivity index (χ4v) is 3.99. The molecule has 0 aromatic carbocycles. The molecule has 1 aliphatic heterocycles. The van der Waals surface area contributed by atoms with Crippen LogP contribution < -0.4 is 10.6 Å². The molecular formula is C14H24N4S. The van der Waals surface area contributed by atoms with Gasteiger partial charge in [-0.25, -0.2) is 4.98 Å². The van der Waals surface area contributed by atoms with Gasteiger partial charge in [0.15, 0.2) is 5.13 Å². The topological polar surface area (TPSA) is 45.4 Å². The lowest BCUT2D eigenvalue weighted by Gasteiger charge is -2.35. The molecule has 2 aliphatic rings. The van der Waals surface area contributed by atoms with E-state index >= 15 is 0 Å². The molecule has 3 rings (SSSR count). The molecule has 0 spiro atoms. The number of likely N-dealkylation sites (tertiary alicyclic amines) is 1. The smallest absolute Gasteiger partial charge is 0.185 e. The van der Waals surface area contributed by atoms with Gasteiger partial charge in [0.2, 0.25) is 0 Å². The molecule has 0 amide bonds. The molecule has 4 nitrogen and oxygen atoms in total. The first kappa shape index (κ1) is 13.3. The maximum atomic E-state index is 5.87. The van der Waals surface area contributed by atoms with E-state index in [9.17, 15) is 0 Å². The van der Waals surface area contributed by atoms with E-state index in [2.05, 4.69) is 23.9 Å². The minimum absolute atomic E-state index is 0.600. The van der Waals surface area contributed by atoms with Crippen LogP contribution in [0, 0.1) is 0 Å². The maximum Gasteiger partial charge on any atom is 0.185 e. The number of thiazole rings is 1. The van der Waals surface area contributed by atoms with Crippen LogP contribution in [0.5, 0.6) is 0 Å². The summed E-state index contributed by atoms with van der Waals surface area (Å²) in [6.45, 7) is 3.01. The normalized spacial score (nSPS) is 24.7. The minimum Gasteiger partial charge on any atom is -0.347 e. The Balaban J connectivity index is 1.77. The Bertz CT molecular complexity index is 441. The van der Waals surface area contributed by atoms with Gasteiger partial charge in [-0.15, -0.1) is 11.3 Å². The van der Waals surface area contributed by atoms with Crippen molar-refractivity contribution in [2.45, 2.75) is 44.2 Å². The Morgan fingerprint density at radius 2 is 2.21 bits per heavy atom. The highest BCUT2D eigenvalue weighted by Gasteiger charge is 2.31. The largest absolute Gasteiger partial charge is 0.347 e. The number of likely N-dealkylation sites (N-methyl/N-ethyl adjacent to an activating group) is 2. The van der Waals surface area contributed by atoms with Crippen LogP contribution in [0.1, 0.15) is 42.2 Å². The van der Waals surface area contributed by atoms with Crippen molar-refractivity contribution in [1.29, 1.82) is 0 Å². The van der Waals surface area contributed by atoms with Crippen molar-refractivity contribution in [2.75, 3.05) is 32.1 Å². The van der Waals surface area contributed by atoms with Crippen molar-refractivity contribution in [3.63, 3.8) is 0 Å². The first-order chi connectivity index (χ1) is 9.19. The standard InChI is InChI=1S/C14H24N4S/c1-17-7-3-4-11(9-17)18(2)14-16-13(10-5-6-10)12(8-15)19-14/h10-11H,3-9,15H2,1-2H3. The van der Waals surface area contributed by atoms with Crippen molar-refractivity contribution in [2.24, 2.45) is 5.73 Å². The van der Waals surface area contributed by atoms with E-state index in [-0.39, 0.29) is 0 Å². The summed E-state index contributed by atoms with van der Waals surface area (Å²) >= 11 is 1.80. The van der Waals surface area contributed by atoms with E-state index < -0.39 is 0 Å². The fraction of sp³-hybridized carbons (Fsp3) is 0.786. The summed E-state index contributed by atoms with van der Waals surface area (Å²) in [5.41, 5.74) is 7.16. The number of anilines is 1. The molecule has 1 aromatic heterocycles. The molecule has 1 saturated heterocycles. The number of rotatable bonds is 4. The number of aromatic nitrogens is 1. The predicted octanol–water partition coefficient (Wildman–Crippen LogP) is 2.01. The van der Waals surface area contributed by atoms with Crippen molar-refractivity contribution in [3.8, 4) is 0 Å². The molecule has 1 aromatic rings. The lowest BCUT2D eigenvalue weighted by molar-refractivity contribution is 0.248. The van der Waals surface area contributed by atoms with Gasteiger partial charge in [-0.2, -0.15) is 0 Å². The van der Waals surface area contributed by atoms with Gasteiger partial charge in [0.25, 0.3) is 0 Å². The molecule has 0 radical (unpaired) electrons. The van der Waals surface area contributed by atoms with Gasteiger partial charge < -0.3 is 15.5 Å². The number of nitrogens with zero attached hydrogens (tertiary/aromatic N) is 3. The maximum absolute atomic E-state index is 5.87. The van der Waals surface area contributed by atoms with Crippen LogP contribution in [0.25, 0.3) is 0 Å². The highest BCUT2D eigenvalue weighted by Crippen LogP contribution is 2.44. The third kappa shape index (κ3) is 2.78. The second-order valence-electron chi connectivity index (χ2n) is 5.95. The molecule has 1 saturated carbocycles. The zero-order valence-corrected chi connectivity index (χ0v) is 12.7. The summed E-state index contributed by atoms with van der Waals surface area (Å²) in [6.07, 6.45) is 5.16. The van der Waals surface area contributed by atoms with E-state index in [1.807, 2.05) is 0 Å². The summed E-state index contributed by atoms with van der Waals surface area (Å²) in [4.78, 5) is 11.0. The second kappa shape index (κ2) is 5.38. The van der Waals surface area contributed by atoms with Crippen LogP contribution in [-0.4, -0.2) is 43.1 Å². The number of hydrogen-bond donors (Lipinski definition) is 1. The van der Waals surface area contributed by atoms with Gasteiger partial charge in [-0.1, -0.05) is 0 Å². The molecule has 1 unspecified atom stereocenters. The van der Waals surface area contributed by atoms with E-state index in [4.69, 9.17) is 10.7 Å². The first-order valence-electron chi connectivity index (χ1n) is 7.30. The Labute approximate surface area is 119 Å². The Morgan fingerprint density at radius 3 is 2.84 bits per heavy atom. The fourth-order valence-electron chi connectivity index (χ4n) is 2.94. The molecule has 1 aliphatic carbocycles. The number of hydrogen-bond acceptors (Lipinski definition) is 5. The number of nitrogens with two attached hydrogens (primary N) is 1. The highest BCUT2D eigenvalue weighted by atomic mass is 32.1. The Hall–Kier alpha value is -0.650. The number of piperidine rings is 1. The SMILES string of the molecule is CN1CCCC(N(C)c2nc(C3CC3)c(CN)s2)C1. The third-order valence-electron chi connectivity index (χ3n) is 4.31. The summed E-state index contributed by atoms with van der Waals surface area (Å²) < 4.78 is 0. The zero-order chi connectivity index (χ0) is 13.4. The second-order valence-corrected chi connectivity index (χ2v) is 7.01. The highest BCUT2D eigenvalue weighted by molar-refractivity contribution is 7.15. The van der Waals surface area contributed by atoms with E-state index in [0.29, 0.717) is 18.5 Å². The van der Waals surface area contributed by atoms with Crippen molar-refractivity contribution in [1.82, 2.24) is 9.88 Å². The van der Waals surface area contributed by atoms with Crippen molar-refractivity contribution < 1.29 is 0 Å². The summed E-state index contributed by atoms with van der Waals surface area (Å²) in [5.74, 6) is 0.700. The predicted molar refractivity (Wildman–Crippen MR) is 80.9 cm³/mol. The van der Waals surface area contributed by atoms with E-state index in [1.54, 1.807) is 11.3 Å².